The van der Waals surface area contributed by atoms with E-state index >= 15 is 0 Å². The Morgan fingerprint density at radius 3 is 1.19 bits per heavy atom. The van der Waals surface area contributed by atoms with Gasteiger partial charge in [0.15, 0.2) is 0 Å². The molecule has 0 aliphatic heterocycles. The minimum atomic E-state index is 0.00903. The van der Waals surface area contributed by atoms with Gasteiger partial charge in [0.2, 0.25) is 0 Å². The second-order valence-electron chi connectivity index (χ2n) is 14.4. The van der Waals surface area contributed by atoms with Crippen LogP contribution in [0.2, 0.25) is 0 Å². The highest BCUT2D eigenvalue weighted by molar-refractivity contribution is 5.90. The molecule has 0 radical (unpaired) electrons. The van der Waals surface area contributed by atoms with Crippen LogP contribution >= 0.6 is 0 Å². The maximum atomic E-state index is 13.5. The van der Waals surface area contributed by atoms with Gasteiger partial charge in [-0.3, -0.25) is 0 Å². The van der Waals surface area contributed by atoms with E-state index in [-0.39, 0.29) is 12.1 Å². The molecule has 0 spiro atoms. The highest BCUT2D eigenvalue weighted by atomic mass is 16.2. The number of amides is 4. The molecule has 0 bridgehead atoms. The van der Waals surface area contributed by atoms with Crippen LogP contribution in [0.25, 0.3) is 0 Å². The summed E-state index contributed by atoms with van der Waals surface area (Å²) in [6.45, 7) is 7.67. The first-order valence-electron chi connectivity index (χ1n) is 18.9. The van der Waals surface area contributed by atoms with Gasteiger partial charge in [-0.25, -0.2) is 9.59 Å². The summed E-state index contributed by atoms with van der Waals surface area (Å²) in [5.41, 5.74) is 3.91. The van der Waals surface area contributed by atoms with Crippen LogP contribution in [0.15, 0.2) is 48.5 Å². The van der Waals surface area contributed by atoms with Crippen molar-refractivity contribution < 1.29 is 9.59 Å². The Balaban J connectivity index is 1.57. The van der Waals surface area contributed by atoms with Crippen molar-refractivity contribution >= 4 is 34.8 Å². The van der Waals surface area contributed by atoms with Gasteiger partial charge in [-0.15, -0.1) is 0 Å². The van der Waals surface area contributed by atoms with Crippen molar-refractivity contribution in [1.82, 2.24) is 9.80 Å². The van der Waals surface area contributed by atoms with E-state index in [1.165, 1.54) is 38.5 Å². The molecule has 8 nitrogen and oxygen atoms in total. The zero-order chi connectivity index (χ0) is 34.7. The summed E-state index contributed by atoms with van der Waals surface area (Å²) in [6, 6.07) is 16.1. The van der Waals surface area contributed by atoms with Gasteiger partial charge < -0.3 is 30.2 Å². The summed E-state index contributed by atoms with van der Waals surface area (Å²) in [5, 5.41) is 6.35. The Morgan fingerprint density at radius 1 is 0.542 bits per heavy atom. The highest BCUT2D eigenvalue weighted by Gasteiger charge is 2.27. The molecule has 2 aromatic carbocycles. The second kappa shape index (κ2) is 21.5. The first kappa shape index (κ1) is 39.0. The predicted molar refractivity (Wildman–Crippen MR) is 206 cm³/mol. The fourth-order valence-corrected chi connectivity index (χ4v) is 6.67. The molecular weight excluding hydrogens is 596 g/mol. The number of rotatable bonds is 20. The fraction of sp³-hybridized carbons (Fsp3) is 0.650. The molecule has 2 aromatic rings. The van der Waals surface area contributed by atoms with Crippen LogP contribution in [-0.4, -0.2) is 76.2 Å². The van der Waals surface area contributed by atoms with Crippen molar-refractivity contribution in [3.05, 3.63) is 48.5 Å². The maximum absolute atomic E-state index is 13.5. The van der Waals surface area contributed by atoms with E-state index in [1.54, 1.807) is 0 Å². The largest absolute Gasteiger partial charge is 0.378 e. The average molecular weight is 663 g/mol. The average Bonchev–Trinajstić information content (AvgIpc) is 3.08. The molecule has 1 aliphatic carbocycles. The fourth-order valence-electron chi connectivity index (χ4n) is 6.67. The molecular formula is C40H66N6O2. The summed E-state index contributed by atoms with van der Waals surface area (Å²) in [5.74, 6) is 0.982. The minimum Gasteiger partial charge on any atom is -0.378 e. The number of hydrogen-bond acceptors (Lipinski definition) is 4. The number of urea groups is 2. The molecule has 4 amide bonds. The Kier molecular flexibility index (Phi) is 17.5. The van der Waals surface area contributed by atoms with Crippen LogP contribution in [0.5, 0.6) is 0 Å². The Labute approximate surface area is 292 Å². The zero-order valence-electron chi connectivity index (χ0n) is 31.1. The minimum absolute atomic E-state index is 0.00903. The third-order valence-electron chi connectivity index (χ3n) is 9.83. The number of anilines is 4. The summed E-state index contributed by atoms with van der Waals surface area (Å²) in [7, 11) is 8.09. The molecule has 0 saturated heterocycles. The van der Waals surface area contributed by atoms with E-state index in [9.17, 15) is 9.59 Å². The molecule has 3 rings (SSSR count). The van der Waals surface area contributed by atoms with Crippen molar-refractivity contribution in [3.63, 3.8) is 0 Å². The van der Waals surface area contributed by atoms with Crippen molar-refractivity contribution in [1.29, 1.82) is 0 Å². The first-order chi connectivity index (χ1) is 23.2. The summed E-state index contributed by atoms with van der Waals surface area (Å²) >= 11 is 0. The third-order valence-corrected chi connectivity index (χ3v) is 9.83. The summed E-state index contributed by atoms with van der Waals surface area (Å²) in [4.78, 5) is 35.3. The molecule has 268 valence electrons. The lowest BCUT2D eigenvalue weighted by molar-refractivity contribution is 0.159. The van der Waals surface area contributed by atoms with Crippen molar-refractivity contribution in [2.45, 2.75) is 104 Å². The van der Waals surface area contributed by atoms with Gasteiger partial charge in [-0.05, 0) is 98.9 Å². The van der Waals surface area contributed by atoms with Gasteiger partial charge in [0.25, 0.3) is 0 Å². The lowest BCUT2D eigenvalue weighted by Crippen LogP contribution is -2.42. The Morgan fingerprint density at radius 2 is 0.875 bits per heavy atom. The van der Waals surface area contributed by atoms with Gasteiger partial charge in [0.05, 0.1) is 0 Å². The monoisotopic (exact) mass is 663 g/mol. The quantitative estimate of drug-likeness (QED) is 0.139. The Hall–Kier alpha value is -3.42. The first-order valence-corrected chi connectivity index (χ1v) is 18.9. The SMILES string of the molecule is CCCCCCCN(CC1CCC(CN(CCCCCCC)C(=O)Nc2ccc(N(C)C)cc2)CC1)C(=O)Nc1ccc(N(C)C)cc1. The number of unbranched alkanes of at least 4 members (excludes halogenated alkanes) is 8. The van der Waals surface area contributed by atoms with Crippen molar-refractivity contribution in [2.75, 3.05) is 74.8 Å². The van der Waals surface area contributed by atoms with E-state index in [4.69, 9.17) is 0 Å². The van der Waals surface area contributed by atoms with Gasteiger partial charge in [0.1, 0.15) is 0 Å². The van der Waals surface area contributed by atoms with E-state index in [2.05, 4.69) is 44.1 Å². The number of benzene rings is 2. The smallest absolute Gasteiger partial charge is 0.321 e. The second-order valence-corrected chi connectivity index (χ2v) is 14.4. The summed E-state index contributed by atoms with van der Waals surface area (Å²) < 4.78 is 0. The van der Waals surface area contributed by atoms with E-state index in [0.717, 1.165) is 100 Å². The molecule has 0 heterocycles. The number of nitrogens with one attached hydrogen (secondary N) is 2. The third kappa shape index (κ3) is 14.0. The molecule has 1 saturated carbocycles. The van der Waals surface area contributed by atoms with Crippen LogP contribution in [0, 0.1) is 11.8 Å². The van der Waals surface area contributed by atoms with E-state index in [1.807, 2.05) is 76.7 Å². The topological polar surface area (TPSA) is 71.2 Å². The number of hydrogen-bond donors (Lipinski definition) is 2. The van der Waals surface area contributed by atoms with E-state index < -0.39 is 0 Å². The van der Waals surface area contributed by atoms with Crippen LogP contribution in [-0.2, 0) is 0 Å². The molecule has 0 aromatic heterocycles. The van der Waals surface area contributed by atoms with Crippen LogP contribution in [0.1, 0.15) is 104 Å². The number of nitrogens with zero attached hydrogens (tertiary/aromatic N) is 4. The lowest BCUT2D eigenvalue weighted by atomic mass is 9.81. The molecule has 48 heavy (non-hydrogen) atoms. The van der Waals surface area contributed by atoms with Crippen LogP contribution in [0.4, 0.5) is 32.3 Å². The van der Waals surface area contributed by atoms with Crippen molar-refractivity contribution in [3.8, 4) is 0 Å². The highest BCUT2D eigenvalue weighted by Crippen LogP contribution is 2.31. The van der Waals surface area contributed by atoms with Gasteiger partial charge >= 0.3 is 12.1 Å². The zero-order valence-corrected chi connectivity index (χ0v) is 31.1. The molecule has 8 heteroatoms. The molecule has 1 aliphatic rings. The lowest BCUT2D eigenvalue weighted by Gasteiger charge is -2.35. The molecule has 2 N–H and O–H groups in total. The Bertz CT molecular complexity index is 1080. The van der Waals surface area contributed by atoms with Gasteiger partial charge in [-0.1, -0.05) is 65.2 Å². The van der Waals surface area contributed by atoms with Crippen molar-refractivity contribution in [2.24, 2.45) is 11.8 Å². The van der Waals surface area contributed by atoms with Crippen LogP contribution < -0.4 is 20.4 Å². The number of carbonyl (C=O) groups is 2. The standard InChI is InChI=1S/C40H66N6O2/c1-7-9-11-13-15-29-45(39(47)41-35-21-25-37(26-22-35)43(3)4)31-33-17-19-34(20-18-33)32-46(30-16-14-12-10-8-2)40(48)42-36-23-27-38(28-24-36)44(5)6/h21-28,33-34H,7-20,29-32H2,1-6H3,(H,41,47)(H,42,48). The number of carbonyl (C=O) groups excluding carboxylic acids is 2. The normalized spacial score (nSPS) is 15.9. The van der Waals surface area contributed by atoms with Crippen LogP contribution in [0.3, 0.4) is 0 Å². The van der Waals surface area contributed by atoms with Gasteiger partial charge in [-0.2, -0.15) is 0 Å². The molecule has 0 unspecified atom stereocenters. The summed E-state index contributed by atoms with van der Waals surface area (Å²) in [6.07, 6.45) is 16.2. The maximum Gasteiger partial charge on any atom is 0.321 e. The molecule has 1 fully saturated rings. The molecule has 0 atom stereocenters. The van der Waals surface area contributed by atoms with Gasteiger partial charge in [0, 0.05) is 77.1 Å². The predicted octanol–water partition coefficient (Wildman–Crippen LogP) is 9.93. The van der Waals surface area contributed by atoms with E-state index in [0.29, 0.717) is 11.8 Å².